The second kappa shape index (κ2) is 3.52. The van der Waals surface area contributed by atoms with Gasteiger partial charge in [-0.1, -0.05) is 18.2 Å². The first kappa shape index (κ1) is 10.5. The minimum atomic E-state index is -3.67. The van der Waals surface area contributed by atoms with Crippen molar-refractivity contribution in [1.82, 2.24) is 0 Å². The normalized spacial score (nSPS) is 11.9. The molecular formula is C10H9NO2S2. The van der Waals surface area contributed by atoms with Crippen molar-refractivity contribution in [3.63, 3.8) is 0 Å². The predicted octanol–water partition coefficient (Wildman–Crippen LogP) is 1.78. The van der Waals surface area contributed by atoms with Crippen LogP contribution in [0.5, 0.6) is 0 Å². The lowest BCUT2D eigenvalue weighted by molar-refractivity contribution is 0.598. The van der Waals surface area contributed by atoms with Crippen LogP contribution in [0.1, 0.15) is 0 Å². The number of nitrogens with two attached hydrogens (primary N) is 1. The summed E-state index contributed by atoms with van der Waals surface area (Å²) in [6.07, 6.45) is 0. The first-order chi connectivity index (χ1) is 6.98. The lowest BCUT2D eigenvalue weighted by Crippen LogP contribution is -2.12. The van der Waals surface area contributed by atoms with Crippen LogP contribution < -0.4 is 5.14 Å². The molecule has 0 aliphatic heterocycles. The molecule has 0 unspecified atom stereocenters. The Morgan fingerprint density at radius 1 is 1.13 bits per heavy atom. The van der Waals surface area contributed by atoms with Gasteiger partial charge in [0.1, 0.15) is 0 Å². The molecule has 0 heterocycles. The Kier molecular flexibility index (Phi) is 2.46. The maximum atomic E-state index is 11.3. The van der Waals surface area contributed by atoms with Crippen LogP contribution in [-0.2, 0) is 10.0 Å². The van der Waals surface area contributed by atoms with E-state index in [9.17, 15) is 8.42 Å². The van der Waals surface area contributed by atoms with Crippen molar-refractivity contribution in [2.45, 2.75) is 9.79 Å². The summed E-state index contributed by atoms with van der Waals surface area (Å²) in [7, 11) is -3.67. The fourth-order valence-corrected chi connectivity index (χ4v) is 2.46. The number of benzene rings is 2. The van der Waals surface area contributed by atoms with Gasteiger partial charge in [-0.15, -0.1) is 12.6 Å². The van der Waals surface area contributed by atoms with E-state index < -0.39 is 10.0 Å². The van der Waals surface area contributed by atoms with Crippen molar-refractivity contribution >= 4 is 33.4 Å². The van der Waals surface area contributed by atoms with Crippen LogP contribution >= 0.6 is 12.6 Å². The van der Waals surface area contributed by atoms with Gasteiger partial charge in [0.05, 0.1) is 4.90 Å². The zero-order valence-corrected chi connectivity index (χ0v) is 9.42. The zero-order valence-electron chi connectivity index (χ0n) is 7.71. The maximum Gasteiger partial charge on any atom is 0.238 e. The Hall–Kier alpha value is -1.04. The number of fused-ring (bicyclic) bond motifs is 1. The summed E-state index contributed by atoms with van der Waals surface area (Å²) < 4.78 is 22.6. The smallest absolute Gasteiger partial charge is 0.225 e. The van der Waals surface area contributed by atoms with Gasteiger partial charge in [0.2, 0.25) is 10.0 Å². The van der Waals surface area contributed by atoms with Crippen LogP contribution in [0.25, 0.3) is 10.8 Å². The van der Waals surface area contributed by atoms with Gasteiger partial charge in [-0.2, -0.15) is 0 Å². The van der Waals surface area contributed by atoms with Crippen molar-refractivity contribution in [2.24, 2.45) is 5.14 Å². The van der Waals surface area contributed by atoms with Gasteiger partial charge in [0.25, 0.3) is 0 Å². The molecule has 0 atom stereocenters. The van der Waals surface area contributed by atoms with E-state index in [0.29, 0.717) is 5.39 Å². The number of hydrogen-bond acceptors (Lipinski definition) is 3. The molecule has 3 nitrogen and oxygen atoms in total. The molecule has 2 aromatic carbocycles. The van der Waals surface area contributed by atoms with E-state index in [0.717, 1.165) is 10.3 Å². The molecule has 0 saturated heterocycles. The Morgan fingerprint density at radius 2 is 1.87 bits per heavy atom. The molecule has 0 saturated carbocycles. The quantitative estimate of drug-likeness (QED) is 0.745. The summed E-state index contributed by atoms with van der Waals surface area (Å²) in [4.78, 5) is 0.933. The van der Waals surface area contributed by atoms with Gasteiger partial charge < -0.3 is 0 Å². The predicted molar refractivity (Wildman–Crippen MR) is 62.6 cm³/mol. The highest BCUT2D eigenvalue weighted by Gasteiger charge is 2.11. The average Bonchev–Trinajstić information content (AvgIpc) is 2.15. The number of primary sulfonamides is 1. The standard InChI is InChI=1S/C10H9NO2S2/c11-15(12,13)10-3-1-2-7-6-8(14)4-5-9(7)10/h1-6,14H,(H2,11,12,13). The fourth-order valence-electron chi connectivity index (χ4n) is 1.49. The Morgan fingerprint density at radius 3 is 2.53 bits per heavy atom. The molecule has 0 radical (unpaired) electrons. The molecule has 15 heavy (non-hydrogen) atoms. The van der Waals surface area contributed by atoms with Crippen molar-refractivity contribution in [1.29, 1.82) is 0 Å². The van der Waals surface area contributed by atoms with Crippen molar-refractivity contribution in [3.05, 3.63) is 36.4 Å². The van der Waals surface area contributed by atoms with E-state index in [-0.39, 0.29) is 4.90 Å². The lowest BCUT2D eigenvalue weighted by atomic mass is 10.1. The zero-order chi connectivity index (χ0) is 11.1. The van der Waals surface area contributed by atoms with Crippen molar-refractivity contribution < 1.29 is 8.42 Å². The molecule has 78 valence electrons. The van der Waals surface area contributed by atoms with Crippen LogP contribution in [0.3, 0.4) is 0 Å². The van der Waals surface area contributed by atoms with E-state index in [1.54, 1.807) is 24.3 Å². The monoisotopic (exact) mass is 239 g/mol. The highest BCUT2D eigenvalue weighted by Crippen LogP contribution is 2.24. The van der Waals surface area contributed by atoms with Gasteiger partial charge in [-0.3, -0.25) is 0 Å². The molecular weight excluding hydrogens is 230 g/mol. The number of sulfonamides is 1. The van der Waals surface area contributed by atoms with Crippen LogP contribution in [0.2, 0.25) is 0 Å². The second-order valence-electron chi connectivity index (χ2n) is 3.21. The highest BCUT2D eigenvalue weighted by atomic mass is 32.2. The number of thiol groups is 1. The van der Waals surface area contributed by atoms with E-state index in [1.165, 1.54) is 6.07 Å². The van der Waals surface area contributed by atoms with Gasteiger partial charge in [0.15, 0.2) is 0 Å². The summed E-state index contributed by atoms with van der Waals surface area (Å²) in [6, 6.07) is 10.2. The Bertz CT molecular complexity index is 620. The van der Waals surface area contributed by atoms with Crippen LogP contribution in [0, 0.1) is 0 Å². The second-order valence-corrected chi connectivity index (χ2v) is 5.25. The van der Waals surface area contributed by atoms with E-state index in [4.69, 9.17) is 5.14 Å². The Labute approximate surface area is 93.4 Å². The SMILES string of the molecule is NS(=O)(=O)c1cccc2cc(S)ccc12. The summed E-state index contributed by atoms with van der Waals surface area (Å²) in [5, 5.41) is 6.55. The van der Waals surface area contributed by atoms with Crippen molar-refractivity contribution in [3.8, 4) is 0 Å². The molecule has 0 fully saturated rings. The molecule has 0 aromatic heterocycles. The molecule has 0 spiro atoms. The first-order valence-corrected chi connectivity index (χ1v) is 6.22. The number of hydrogen-bond donors (Lipinski definition) is 2. The van der Waals surface area contributed by atoms with Gasteiger partial charge in [-0.05, 0) is 23.6 Å². The molecule has 5 heteroatoms. The molecule has 0 bridgehead atoms. The topological polar surface area (TPSA) is 60.2 Å². The van der Waals surface area contributed by atoms with Crippen LogP contribution in [-0.4, -0.2) is 8.42 Å². The largest absolute Gasteiger partial charge is 0.238 e. The minimum Gasteiger partial charge on any atom is -0.225 e. The van der Waals surface area contributed by atoms with Gasteiger partial charge in [-0.25, -0.2) is 13.6 Å². The molecule has 2 N–H and O–H groups in total. The van der Waals surface area contributed by atoms with Gasteiger partial charge in [0, 0.05) is 10.3 Å². The number of rotatable bonds is 1. The summed E-state index contributed by atoms with van der Waals surface area (Å²) in [6.45, 7) is 0. The van der Waals surface area contributed by atoms with E-state index >= 15 is 0 Å². The molecule has 2 rings (SSSR count). The minimum absolute atomic E-state index is 0.147. The summed E-state index contributed by atoms with van der Waals surface area (Å²) >= 11 is 4.19. The first-order valence-electron chi connectivity index (χ1n) is 4.23. The van der Waals surface area contributed by atoms with E-state index in [1.807, 2.05) is 6.07 Å². The third-order valence-corrected chi connectivity index (χ3v) is 3.38. The third-order valence-electron chi connectivity index (χ3n) is 2.13. The third kappa shape index (κ3) is 1.99. The summed E-state index contributed by atoms with van der Waals surface area (Å²) in [5.74, 6) is 0. The fraction of sp³-hybridized carbons (Fsp3) is 0. The molecule has 2 aromatic rings. The molecule has 0 amide bonds. The molecule has 0 aliphatic rings. The van der Waals surface area contributed by atoms with Crippen LogP contribution in [0.4, 0.5) is 0 Å². The van der Waals surface area contributed by atoms with E-state index in [2.05, 4.69) is 12.6 Å². The average molecular weight is 239 g/mol. The summed E-state index contributed by atoms with van der Waals surface area (Å²) in [5.41, 5.74) is 0. The maximum absolute atomic E-state index is 11.3. The van der Waals surface area contributed by atoms with Crippen LogP contribution in [0.15, 0.2) is 46.2 Å². The lowest BCUT2D eigenvalue weighted by Gasteiger charge is -2.04. The van der Waals surface area contributed by atoms with Crippen molar-refractivity contribution in [2.75, 3.05) is 0 Å². The van der Waals surface area contributed by atoms with Gasteiger partial charge >= 0.3 is 0 Å². The Balaban J connectivity index is 2.89. The highest BCUT2D eigenvalue weighted by molar-refractivity contribution is 7.89. The molecule has 0 aliphatic carbocycles.